The number of fused-ring (bicyclic) bond motifs is 1. The minimum atomic E-state index is 0.307. The summed E-state index contributed by atoms with van der Waals surface area (Å²) >= 11 is 0. The molecule has 1 aromatic carbocycles. The molecular weight excluding hydrogens is 316 g/mol. The van der Waals surface area contributed by atoms with Gasteiger partial charge in [0.15, 0.2) is 11.5 Å². The zero-order chi connectivity index (χ0) is 17.1. The molecular formula is C19H24N4O2. The van der Waals surface area contributed by atoms with E-state index in [9.17, 15) is 0 Å². The molecule has 6 nitrogen and oxygen atoms in total. The van der Waals surface area contributed by atoms with Gasteiger partial charge in [-0.25, -0.2) is 9.97 Å². The van der Waals surface area contributed by atoms with Gasteiger partial charge in [-0.05, 0) is 43.9 Å². The van der Waals surface area contributed by atoms with Crippen LogP contribution in [0.2, 0.25) is 0 Å². The van der Waals surface area contributed by atoms with Gasteiger partial charge in [-0.3, -0.25) is 0 Å². The minimum Gasteiger partial charge on any atom is -0.454 e. The van der Waals surface area contributed by atoms with Crippen LogP contribution in [0.4, 0.5) is 11.6 Å². The Kier molecular flexibility index (Phi) is 4.59. The van der Waals surface area contributed by atoms with Gasteiger partial charge in [0.25, 0.3) is 0 Å². The molecule has 0 N–H and O–H groups in total. The summed E-state index contributed by atoms with van der Waals surface area (Å²) in [5.74, 6) is 3.65. The summed E-state index contributed by atoms with van der Waals surface area (Å²) < 4.78 is 10.9. The molecule has 2 aromatic rings. The van der Waals surface area contributed by atoms with E-state index in [2.05, 4.69) is 44.9 Å². The van der Waals surface area contributed by atoms with Crippen molar-refractivity contribution in [3.63, 3.8) is 0 Å². The summed E-state index contributed by atoms with van der Waals surface area (Å²) in [5.41, 5.74) is 1.18. The molecule has 0 saturated carbocycles. The van der Waals surface area contributed by atoms with E-state index in [-0.39, 0.29) is 0 Å². The predicted octanol–water partition coefficient (Wildman–Crippen LogP) is 3.22. The lowest BCUT2D eigenvalue weighted by atomic mass is 10.1. The van der Waals surface area contributed by atoms with Crippen molar-refractivity contribution in [1.29, 1.82) is 0 Å². The molecule has 2 aliphatic heterocycles. The Bertz CT molecular complexity index is 731. The first-order valence-corrected chi connectivity index (χ1v) is 9.04. The van der Waals surface area contributed by atoms with Crippen molar-refractivity contribution >= 4 is 11.6 Å². The summed E-state index contributed by atoms with van der Waals surface area (Å²) in [6.07, 6.45) is 5.49. The smallest absolute Gasteiger partial charge is 0.231 e. The van der Waals surface area contributed by atoms with E-state index in [1.165, 1.54) is 24.8 Å². The first-order valence-electron chi connectivity index (χ1n) is 9.04. The van der Waals surface area contributed by atoms with E-state index in [1.807, 2.05) is 6.07 Å². The molecule has 2 aliphatic rings. The van der Waals surface area contributed by atoms with E-state index in [4.69, 9.17) is 9.47 Å². The van der Waals surface area contributed by atoms with Crippen LogP contribution in [0.5, 0.6) is 11.5 Å². The third-order valence-corrected chi connectivity index (χ3v) is 4.83. The van der Waals surface area contributed by atoms with E-state index < -0.39 is 0 Å². The molecule has 25 heavy (non-hydrogen) atoms. The van der Waals surface area contributed by atoms with Gasteiger partial charge < -0.3 is 19.3 Å². The Balaban J connectivity index is 1.52. The molecule has 0 bridgehead atoms. The van der Waals surface area contributed by atoms with Gasteiger partial charge in [-0.1, -0.05) is 6.07 Å². The zero-order valence-electron chi connectivity index (χ0n) is 14.6. The fourth-order valence-electron chi connectivity index (χ4n) is 3.42. The largest absolute Gasteiger partial charge is 0.454 e. The summed E-state index contributed by atoms with van der Waals surface area (Å²) in [4.78, 5) is 13.6. The van der Waals surface area contributed by atoms with Gasteiger partial charge >= 0.3 is 0 Å². The van der Waals surface area contributed by atoms with Crippen LogP contribution in [0.3, 0.4) is 0 Å². The van der Waals surface area contributed by atoms with Crippen LogP contribution in [0, 0.1) is 0 Å². The highest BCUT2D eigenvalue weighted by Gasteiger charge is 2.17. The summed E-state index contributed by atoms with van der Waals surface area (Å²) in [6.45, 7) is 6.29. The Morgan fingerprint density at radius 1 is 1.04 bits per heavy atom. The second-order valence-corrected chi connectivity index (χ2v) is 6.48. The number of anilines is 2. The normalized spacial score (nSPS) is 16.1. The molecule has 1 aromatic heterocycles. The Hall–Kier alpha value is -2.50. The molecule has 0 aliphatic carbocycles. The quantitative estimate of drug-likeness (QED) is 0.833. The highest BCUT2D eigenvalue weighted by molar-refractivity contribution is 5.51. The molecule has 1 fully saturated rings. The highest BCUT2D eigenvalue weighted by Crippen LogP contribution is 2.33. The van der Waals surface area contributed by atoms with Crippen molar-refractivity contribution in [2.75, 3.05) is 36.2 Å². The maximum absolute atomic E-state index is 5.49. The molecule has 0 radical (unpaired) electrons. The summed E-state index contributed by atoms with van der Waals surface area (Å²) in [5, 5.41) is 0. The fraction of sp³-hybridized carbons (Fsp3) is 0.474. The van der Waals surface area contributed by atoms with Crippen LogP contribution >= 0.6 is 0 Å². The number of hydrogen-bond donors (Lipinski definition) is 0. The molecule has 0 amide bonds. The topological polar surface area (TPSA) is 50.7 Å². The number of ether oxygens (including phenoxy) is 2. The number of aromatic nitrogens is 2. The maximum atomic E-state index is 5.49. The van der Waals surface area contributed by atoms with Crippen LogP contribution in [-0.2, 0) is 6.54 Å². The minimum absolute atomic E-state index is 0.307. The molecule has 0 atom stereocenters. The number of rotatable bonds is 5. The fourth-order valence-corrected chi connectivity index (χ4v) is 3.42. The third-order valence-electron chi connectivity index (χ3n) is 4.83. The van der Waals surface area contributed by atoms with Crippen LogP contribution in [0.25, 0.3) is 0 Å². The lowest BCUT2D eigenvalue weighted by Crippen LogP contribution is -2.31. The van der Waals surface area contributed by atoms with Gasteiger partial charge in [0.05, 0.1) is 0 Å². The molecule has 132 valence electrons. The molecule has 0 spiro atoms. The predicted molar refractivity (Wildman–Crippen MR) is 97.4 cm³/mol. The summed E-state index contributed by atoms with van der Waals surface area (Å²) in [7, 11) is 0. The van der Waals surface area contributed by atoms with Gasteiger partial charge in [0, 0.05) is 32.2 Å². The highest BCUT2D eigenvalue weighted by atomic mass is 16.7. The molecule has 4 rings (SSSR count). The Morgan fingerprint density at radius 3 is 2.72 bits per heavy atom. The molecule has 1 saturated heterocycles. The van der Waals surface area contributed by atoms with Gasteiger partial charge in [-0.15, -0.1) is 0 Å². The van der Waals surface area contributed by atoms with Crippen molar-refractivity contribution in [2.24, 2.45) is 0 Å². The Labute approximate surface area is 148 Å². The standard InChI is InChI=1S/C19H24N4O2/c1-2-22(12-15-6-7-16-17(10-15)25-14-24-16)18-11-19(21-13-20-18)23-8-4-3-5-9-23/h6-7,10-11,13H,2-5,8-9,12,14H2,1H3. The molecule has 6 heteroatoms. The average molecular weight is 340 g/mol. The third kappa shape index (κ3) is 3.48. The average Bonchev–Trinajstić information content (AvgIpc) is 3.15. The van der Waals surface area contributed by atoms with Crippen LogP contribution in [-0.4, -0.2) is 36.4 Å². The SMILES string of the molecule is CCN(Cc1ccc2c(c1)OCO2)c1cc(N2CCCCC2)ncn1. The molecule has 0 unspecified atom stereocenters. The van der Waals surface area contributed by atoms with Crippen LogP contribution < -0.4 is 19.3 Å². The van der Waals surface area contributed by atoms with Crippen molar-refractivity contribution in [2.45, 2.75) is 32.7 Å². The van der Waals surface area contributed by atoms with E-state index >= 15 is 0 Å². The van der Waals surface area contributed by atoms with E-state index in [0.29, 0.717) is 6.79 Å². The number of benzene rings is 1. The van der Waals surface area contributed by atoms with Gasteiger partial charge in [0.1, 0.15) is 18.0 Å². The Morgan fingerprint density at radius 2 is 1.88 bits per heavy atom. The first kappa shape index (κ1) is 16.0. The maximum Gasteiger partial charge on any atom is 0.231 e. The van der Waals surface area contributed by atoms with Gasteiger partial charge in [0.2, 0.25) is 6.79 Å². The number of nitrogens with zero attached hydrogens (tertiary/aromatic N) is 4. The van der Waals surface area contributed by atoms with Gasteiger partial charge in [-0.2, -0.15) is 0 Å². The zero-order valence-corrected chi connectivity index (χ0v) is 14.6. The second-order valence-electron chi connectivity index (χ2n) is 6.48. The molecule has 3 heterocycles. The number of hydrogen-bond acceptors (Lipinski definition) is 6. The van der Waals surface area contributed by atoms with Crippen molar-refractivity contribution in [3.8, 4) is 11.5 Å². The lowest BCUT2D eigenvalue weighted by Gasteiger charge is -2.29. The van der Waals surface area contributed by atoms with E-state index in [1.54, 1.807) is 6.33 Å². The summed E-state index contributed by atoms with van der Waals surface area (Å²) in [6, 6.07) is 8.23. The van der Waals surface area contributed by atoms with Crippen molar-refractivity contribution in [3.05, 3.63) is 36.2 Å². The number of piperidine rings is 1. The van der Waals surface area contributed by atoms with Crippen LogP contribution in [0.1, 0.15) is 31.7 Å². The van der Waals surface area contributed by atoms with E-state index in [0.717, 1.165) is 49.3 Å². The second kappa shape index (κ2) is 7.17. The monoisotopic (exact) mass is 340 g/mol. The van der Waals surface area contributed by atoms with Crippen molar-refractivity contribution in [1.82, 2.24) is 9.97 Å². The van der Waals surface area contributed by atoms with Crippen LogP contribution in [0.15, 0.2) is 30.6 Å². The lowest BCUT2D eigenvalue weighted by molar-refractivity contribution is 0.174. The van der Waals surface area contributed by atoms with Crippen molar-refractivity contribution < 1.29 is 9.47 Å². The first-order chi connectivity index (χ1) is 12.3.